The van der Waals surface area contributed by atoms with E-state index in [2.05, 4.69) is 25.6 Å². The van der Waals surface area contributed by atoms with Crippen LogP contribution in [0.1, 0.15) is 5.56 Å². The highest BCUT2D eigenvalue weighted by molar-refractivity contribution is 9.11. The lowest BCUT2D eigenvalue weighted by Gasteiger charge is -2.37. The summed E-state index contributed by atoms with van der Waals surface area (Å²) in [6.45, 7) is 2.07. The molecule has 1 atom stereocenters. The van der Waals surface area contributed by atoms with Crippen LogP contribution in [0.3, 0.4) is 0 Å². The Bertz CT molecular complexity index is 1200. The lowest BCUT2D eigenvalue weighted by atomic mass is 10.1. The first kappa shape index (κ1) is 23.9. The molecule has 0 radical (unpaired) electrons. The highest BCUT2D eigenvalue weighted by Gasteiger charge is 2.32. The average Bonchev–Trinajstić information content (AvgIpc) is 3.27. The third-order valence-corrected chi connectivity index (χ3v) is 9.06. The van der Waals surface area contributed by atoms with E-state index in [1.807, 2.05) is 30.3 Å². The predicted molar refractivity (Wildman–Crippen MR) is 131 cm³/mol. The summed E-state index contributed by atoms with van der Waals surface area (Å²) in [5, 5.41) is 0. The molecule has 1 aromatic heterocycles. The normalized spacial score (nSPS) is 15.5. The van der Waals surface area contributed by atoms with Crippen LogP contribution in [-0.4, -0.2) is 51.4 Å². The number of benzene rings is 2. The van der Waals surface area contributed by atoms with Gasteiger partial charge in [-0.1, -0.05) is 30.3 Å². The van der Waals surface area contributed by atoms with Crippen molar-refractivity contribution in [3.63, 3.8) is 0 Å². The molecule has 1 saturated heterocycles. The van der Waals surface area contributed by atoms with Crippen LogP contribution < -0.4 is 9.62 Å². The second-order valence-corrected chi connectivity index (χ2v) is 12.1. The maximum absolute atomic E-state index is 13.4. The lowest BCUT2D eigenvalue weighted by Crippen LogP contribution is -2.55. The SMILES string of the molecule is O=C([C@@H](Cc1ccccc1)NS(=O)(=O)c1ccc(Br)s1)N1CCN(c2ccc(F)cc2)CC1. The van der Waals surface area contributed by atoms with E-state index in [0.29, 0.717) is 30.0 Å². The summed E-state index contributed by atoms with van der Waals surface area (Å²) in [5.41, 5.74) is 1.77. The van der Waals surface area contributed by atoms with Crippen molar-refractivity contribution in [2.24, 2.45) is 0 Å². The van der Waals surface area contributed by atoms with Crippen LogP contribution in [0.25, 0.3) is 0 Å². The van der Waals surface area contributed by atoms with Crippen LogP contribution >= 0.6 is 27.3 Å². The van der Waals surface area contributed by atoms with Gasteiger partial charge in [-0.05, 0) is 64.3 Å². The molecule has 0 spiro atoms. The van der Waals surface area contributed by atoms with Gasteiger partial charge in [0, 0.05) is 31.9 Å². The molecule has 0 saturated carbocycles. The summed E-state index contributed by atoms with van der Waals surface area (Å²) in [5.74, 6) is -0.543. The minimum atomic E-state index is -3.86. The van der Waals surface area contributed by atoms with Gasteiger partial charge >= 0.3 is 0 Å². The largest absolute Gasteiger partial charge is 0.368 e. The zero-order valence-corrected chi connectivity index (χ0v) is 20.9. The number of halogens is 2. The number of sulfonamides is 1. The van der Waals surface area contributed by atoms with Crippen LogP contribution in [0.5, 0.6) is 0 Å². The molecule has 10 heteroatoms. The van der Waals surface area contributed by atoms with Crippen molar-refractivity contribution in [3.05, 3.63) is 81.9 Å². The van der Waals surface area contributed by atoms with Crippen molar-refractivity contribution < 1.29 is 17.6 Å². The number of thiophene rings is 1. The summed E-state index contributed by atoms with van der Waals surface area (Å²) >= 11 is 4.39. The summed E-state index contributed by atoms with van der Waals surface area (Å²) in [7, 11) is -3.86. The van der Waals surface area contributed by atoms with Gasteiger partial charge < -0.3 is 9.80 Å². The minimum absolute atomic E-state index is 0.154. The number of nitrogens with one attached hydrogen (secondary N) is 1. The molecule has 33 heavy (non-hydrogen) atoms. The highest BCUT2D eigenvalue weighted by Crippen LogP contribution is 2.26. The Hall–Kier alpha value is -2.27. The molecule has 6 nitrogen and oxygen atoms in total. The Labute approximate surface area is 205 Å². The number of carbonyl (C=O) groups excluding carboxylic acids is 1. The molecule has 1 N–H and O–H groups in total. The number of rotatable bonds is 7. The van der Waals surface area contributed by atoms with Gasteiger partial charge in [-0.3, -0.25) is 4.79 Å². The van der Waals surface area contributed by atoms with Crippen LogP contribution in [0.4, 0.5) is 10.1 Å². The summed E-state index contributed by atoms with van der Waals surface area (Å²) in [4.78, 5) is 17.2. The maximum Gasteiger partial charge on any atom is 0.250 e. The Balaban J connectivity index is 1.49. The number of carbonyl (C=O) groups is 1. The predicted octanol–water partition coefficient (Wildman–Crippen LogP) is 3.89. The van der Waals surface area contributed by atoms with Crippen molar-refractivity contribution >= 4 is 48.9 Å². The van der Waals surface area contributed by atoms with E-state index in [1.54, 1.807) is 23.1 Å². The van der Waals surface area contributed by atoms with Crippen LogP contribution in [0.15, 0.2) is 74.7 Å². The fourth-order valence-electron chi connectivity index (χ4n) is 3.77. The molecular weight excluding hydrogens is 529 g/mol. The van der Waals surface area contributed by atoms with Crippen LogP contribution in [-0.2, 0) is 21.2 Å². The quantitative estimate of drug-likeness (QED) is 0.483. The second kappa shape index (κ2) is 10.3. The van der Waals surface area contributed by atoms with Gasteiger partial charge in [-0.25, -0.2) is 12.8 Å². The molecule has 0 aliphatic carbocycles. The number of amides is 1. The third-order valence-electron chi connectivity index (χ3n) is 5.47. The first-order valence-electron chi connectivity index (χ1n) is 10.4. The van der Waals surface area contributed by atoms with Gasteiger partial charge in [0.15, 0.2) is 0 Å². The molecule has 1 amide bonds. The molecular formula is C23H23BrFN3O3S2. The van der Waals surface area contributed by atoms with Crippen molar-refractivity contribution in [1.29, 1.82) is 0 Å². The summed E-state index contributed by atoms with van der Waals surface area (Å²) in [6.07, 6.45) is 0.254. The van der Waals surface area contributed by atoms with Crippen LogP contribution in [0, 0.1) is 5.82 Å². The first-order chi connectivity index (χ1) is 15.8. The van der Waals surface area contributed by atoms with Crippen molar-refractivity contribution in [3.8, 4) is 0 Å². The fraction of sp³-hybridized carbons (Fsp3) is 0.261. The molecule has 2 aromatic carbocycles. The van der Waals surface area contributed by atoms with Gasteiger partial charge in [0.1, 0.15) is 16.1 Å². The van der Waals surface area contributed by atoms with E-state index in [4.69, 9.17) is 0 Å². The summed E-state index contributed by atoms with van der Waals surface area (Å²) < 4.78 is 42.6. The monoisotopic (exact) mass is 551 g/mol. The van der Waals surface area contributed by atoms with Gasteiger partial charge in [-0.2, -0.15) is 4.72 Å². The average molecular weight is 552 g/mol. The van der Waals surface area contributed by atoms with Crippen molar-refractivity contribution in [2.75, 3.05) is 31.1 Å². The number of hydrogen-bond acceptors (Lipinski definition) is 5. The Kier molecular flexibility index (Phi) is 7.48. The van der Waals surface area contributed by atoms with Gasteiger partial charge in [0.05, 0.1) is 3.79 Å². The Morgan fingerprint density at radius 3 is 2.27 bits per heavy atom. The zero-order chi connectivity index (χ0) is 23.4. The van der Waals surface area contributed by atoms with Crippen molar-refractivity contribution in [1.82, 2.24) is 9.62 Å². The lowest BCUT2D eigenvalue weighted by molar-refractivity contribution is -0.133. The van der Waals surface area contributed by atoms with Crippen LogP contribution in [0.2, 0.25) is 0 Å². The van der Waals surface area contributed by atoms with Crippen molar-refractivity contribution in [2.45, 2.75) is 16.7 Å². The molecule has 2 heterocycles. The zero-order valence-electron chi connectivity index (χ0n) is 17.7. The van der Waals surface area contributed by atoms with Gasteiger partial charge in [0.25, 0.3) is 10.0 Å². The molecule has 1 fully saturated rings. The molecule has 3 aromatic rings. The van der Waals surface area contributed by atoms with E-state index in [0.717, 1.165) is 22.6 Å². The topological polar surface area (TPSA) is 69.7 Å². The second-order valence-electron chi connectivity index (χ2n) is 7.71. The maximum atomic E-state index is 13.4. The Morgan fingerprint density at radius 1 is 1.00 bits per heavy atom. The van der Waals surface area contributed by atoms with E-state index in [-0.39, 0.29) is 22.4 Å². The molecule has 4 rings (SSSR count). The van der Waals surface area contributed by atoms with Gasteiger partial charge in [-0.15, -0.1) is 11.3 Å². The van der Waals surface area contributed by atoms with E-state index in [1.165, 1.54) is 18.2 Å². The smallest absolute Gasteiger partial charge is 0.250 e. The first-order valence-corrected chi connectivity index (χ1v) is 13.5. The van der Waals surface area contributed by atoms with E-state index >= 15 is 0 Å². The van der Waals surface area contributed by atoms with Gasteiger partial charge in [0.2, 0.25) is 5.91 Å². The Morgan fingerprint density at radius 2 is 1.67 bits per heavy atom. The molecule has 174 valence electrons. The molecule has 1 aliphatic rings. The number of anilines is 1. The van der Waals surface area contributed by atoms with E-state index < -0.39 is 16.1 Å². The van der Waals surface area contributed by atoms with E-state index in [9.17, 15) is 17.6 Å². The highest BCUT2D eigenvalue weighted by atomic mass is 79.9. The number of nitrogens with zero attached hydrogens (tertiary/aromatic N) is 2. The third kappa shape index (κ3) is 6.00. The number of piperazine rings is 1. The number of hydrogen-bond donors (Lipinski definition) is 1. The molecule has 0 unspecified atom stereocenters. The minimum Gasteiger partial charge on any atom is -0.368 e. The molecule has 0 bridgehead atoms. The fourth-order valence-corrected chi connectivity index (χ4v) is 6.99. The summed E-state index contributed by atoms with van der Waals surface area (Å²) in [6, 6.07) is 17.9. The standard InChI is InChI=1S/C23H23BrFN3O3S2/c24-21-10-11-22(32-21)33(30,31)26-20(16-17-4-2-1-3-5-17)23(29)28-14-12-27(13-15-28)19-8-6-18(25)7-9-19/h1-11,20,26H,12-16H2/t20-/m1/s1. The molecule has 1 aliphatic heterocycles.